The molecule has 30 heavy (non-hydrogen) atoms. The average Bonchev–Trinajstić information content (AvgIpc) is 3.42. The molecule has 0 radical (unpaired) electrons. The second-order valence-corrected chi connectivity index (χ2v) is 8.98. The smallest absolute Gasteiger partial charge is 0.313 e. The monoisotopic (exact) mass is 430 g/mol. The maximum absolute atomic E-state index is 12.5. The molecule has 0 saturated heterocycles. The van der Waals surface area contributed by atoms with E-state index < -0.39 is 17.9 Å². The Kier molecular flexibility index (Phi) is 5.97. The Labute approximate surface area is 179 Å². The number of carbonyl (C=O) groups is 2. The Balaban J connectivity index is 1.39. The van der Waals surface area contributed by atoms with Gasteiger partial charge in [0.25, 0.3) is 0 Å². The Morgan fingerprint density at radius 3 is 2.53 bits per heavy atom. The van der Waals surface area contributed by atoms with E-state index >= 15 is 0 Å². The first-order valence-electron chi connectivity index (χ1n) is 10.2. The van der Waals surface area contributed by atoms with E-state index in [0.29, 0.717) is 36.9 Å². The Hall–Kier alpha value is -2.58. The van der Waals surface area contributed by atoms with Gasteiger partial charge in [0.15, 0.2) is 11.5 Å². The lowest BCUT2D eigenvalue weighted by molar-refractivity contribution is -0.136. The largest absolute Gasteiger partial charge is 0.486 e. The first kappa shape index (κ1) is 20.7. The van der Waals surface area contributed by atoms with Crippen molar-refractivity contribution < 1.29 is 24.2 Å². The molecule has 1 aromatic carbocycles. The zero-order chi connectivity index (χ0) is 21.1. The van der Waals surface area contributed by atoms with Crippen molar-refractivity contribution in [1.29, 1.82) is 0 Å². The molecule has 0 bridgehead atoms. The van der Waals surface area contributed by atoms with E-state index in [2.05, 4.69) is 10.6 Å². The number of aliphatic hydroxyl groups is 1. The lowest BCUT2D eigenvalue weighted by Gasteiger charge is -2.28. The van der Waals surface area contributed by atoms with E-state index in [1.807, 2.05) is 12.1 Å². The number of amides is 2. The molecule has 4 rings (SSSR count). The molecule has 2 heterocycles. The molecule has 1 atom stereocenters. The molecule has 1 aliphatic heterocycles. The highest BCUT2D eigenvalue weighted by Crippen LogP contribution is 2.44. The lowest BCUT2D eigenvalue weighted by Crippen LogP contribution is -2.43. The number of rotatable bonds is 5. The van der Waals surface area contributed by atoms with Crippen molar-refractivity contribution in [2.75, 3.05) is 25.1 Å². The standard InChI is InChI=1S/C22H26N2O5S/c1-14(25)18-6-7-19(30-18)22(8-2-3-9-22)13-23-20(26)21(27)24-15-4-5-16-17(12-15)29-11-10-28-16/h4-7,12,14,25H,2-3,8-11,13H2,1H3,(H,23,26)(H,24,27)/t14-/m0/s1. The minimum atomic E-state index is -0.712. The van der Waals surface area contributed by atoms with Gasteiger partial charge in [0, 0.05) is 33.5 Å². The number of hydrogen-bond acceptors (Lipinski definition) is 6. The molecule has 1 aromatic heterocycles. The number of thiophene rings is 1. The number of ether oxygens (including phenoxy) is 2. The summed E-state index contributed by atoms with van der Waals surface area (Å²) in [5.41, 5.74) is 0.305. The highest BCUT2D eigenvalue weighted by Gasteiger charge is 2.38. The van der Waals surface area contributed by atoms with Gasteiger partial charge in [-0.2, -0.15) is 0 Å². The van der Waals surface area contributed by atoms with E-state index in [4.69, 9.17) is 9.47 Å². The van der Waals surface area contributed by atoms with Crippen molar-refractivity contribution >= 4 is 28.8 Å². The number of benzene rings is 1. The second-order valence-electron chi connectivity index (χ2n) is 7.86. The molecule has 1 aliphatic carbocycles. The zero-order valence-electron chi connectivity index (χ0n) is 16.9. The first-order valence-corrected chi connectivity index (χ1v) is 11.1. The van der Waals surface area contributed by atoms with Crippen LogP contribution in [0.5, 0.6) is 11.5 Å². The molecular formula is C22H26N2O5S. The van der Waals surface area contributed by atoms with Crippen LogP contribution in [0.25, 0.3) is 0 Å². The Morgan fingerprint density at radius 2 is 1.83 bits per heavy atom. The fourth-order valence-electron chi connectivity index (χ4n) is 4.06. The number of aliphatic hydroxyl groups excluding tert-OH is 1. The van der Waals surface area contributed by atoms with E-state index in [1.165, 1.54) is 0 Å². The summed E-state index contributed by atoms with van der Waals surface area (Å²) in [7, 11) is 0. The van der Waals surface area contributed by atoms with Crippen LogP contribution < -0.4 is 20.1 Å². The third kappa shape index (κ3) is 4.29. The van der Waals surface area contributed by atoms with Crippen molar-refractivity contribution in [1.82, 2.24) is 5.32 Å². The summed E-state index contributed by atoms with van der Waals surface area (Å²) in [4.78, 5) is 26.9. The zero-order valence-corrected chi connectivity index (χ0v) is 17.7. The van der Waals surface area contributed by atoms with Crippen molar-refractivity contribution in [3.05, 3.63) is 40.1 Å². The van der Waals surface area contributed by atoms with Crippen molar-refractivity contribution in [3.63, 3.8) is 0 Å². The summed E-state index contributed by atoms with van der Waals surface area (Å²) in [6.45, 7) is 3.10. The minimum Gasteiger partial charge on any atom is -0.486 e. The van der Waals surface area contributed by atoms with Gasteiger partial charge in [0.05, 0.1) is 6.10 Å². The molecule has 8 heteroatoms. The Morgan fingerprint density at radius 1 is 1.10 bits per heavy atom. The normalized spacial score (nSPS) is 17.9. The molecule has 2 aliphatic rings. The number of fused-ring (bicyclic) bond motifs is 1. The summed E-state index contributed by atoms with van der Waals surface area (Å²) in [6, 6.07) is 9.04. The second kappa shape index (κ2) is 8.65. The number of hydrogen-bond donors (Lipinski definition) is 3. The van der Waals surface area contributed by atoms with Crippen LogP contribution in [-0.2, 0) is 15.0 Å². The van der Waals surface area contributed by atoms with Gasteiger partial charge in [-0.15, -0.1) is 11.3 Å². The van der Waals surface area contributed by atoms with E-state index in [0.717, 1.165) is 35.4 Å². The highest BCUT2D eigenvalue weighted by molar-refractivity contribution is 7.12. The minimum absolute atomic E-state index is 0.176. The molecule has 160 valence electrons. The predicted octanol–water partition coefficient (Wildman–Crippen LogP) is 3.14. The quantitative estimate of drug-likeness (QED) is 0.633. The molecule has 7 nitrogen and oxygen atoms in total. The van der Waals surface area contributed by atoms with Crippen molar-refractivity contribution in [2.24, 2.45) is 0 Å². The number of nitrogens with one attached hydrogen (secondary N) is 2. The maximum Gasteiger partial charge on any atom is 0.313 e. The van der Waals surface area contributed by atoms with Crippen LogP contribution in [0.2, 0.25) is 0 Å². The molecule has 1 fully saturated rings. The molecule has 0 unspecified atom stereocenters. The predicted molar refractivity (Wildman–Crippen MR) is 114 cm³/mol. The van der Waals surface area contributed by atoms with E-state index in [-0.39, 0.29) is 5.41 Å². The molecule has 3 N–H and O–H groups in total. The number of anilines is 1. The summed E-state index contributed by atoms with van der Waals surface area (Å²) < 4.78 is 11.0. The van der Waals surface area contributed by atoms with Gasteiger partial charge in [0.1, 0.15) is 13.2 Å². The average molecular weight is 431 g/mol. The van der Waals surface area contributed by atoms with Crippen molar-refractivity contribution in [3.8, 4) is 11.5 Å². The fourth-order valence-corrected chi connectivity index (χ4v) is 5.25. The third-order valence-electron chi connectivity index (χ3n) is 5.72. The summed E-state index contributed by atoms with van der Waals surface area (Å²) in [5, 5.41) is 15.3. The maximum atomic E-state index is 12.5. The van der Waals surface area contributed by atoms with Gasteiger partial charge in [0.2, 0.25) is 0 Å². The molecule has 2 aromatic rings. The van der Waals surface area contributed by atoms with Gasteiger partial charge in [-0.1, -0.05) is 12.8 Å². The van der Waals surface area contributed by atoms with Gasteiger partial charge in [-0.05, 0) is 44.0 Å². The van der Waals surface area contributed by atoms with Crippen LogP contribution in [0.4, 0.5) is 5.69 Å². The van der Waals surface area contributed by atoms with Crippen LogP contribution >= 0.6 is 11.3 Å². The molecule has 0 spiro atoms. The van der Waals surface area contributed by atoms with Crippen LogP contribution in [0.3, 0.4) is 0 Å². The highest BCUT2D eigenvalue weighted by atomic mass is 32.1. The molecular weight excluding hydrogens is 404 g/mol. The van der Waals surface area contributed by atoms with Gasteiger partial charge < -0.3 is 25.2 Å². The van der Waals surface area contributed by atoms with Crippen LogP contribution in [-0.4, -0.2) is 36.7 Å². The lowest BCUT2D eigenvalue weighted by atomic mass is 9.84. The number of carbonyl (C=O) groups excluding carboxylic acids is 2. The summed E-state index contributed by atoms with van der Waals surface area (Å²) >= 11 is 1.59. The van der Waals surface area contributed by atoms with Gasteiger partial charge in [-0.25, -0.2) is 0 Å². The summed E-state index contributed by atoms with van der Waals surface area (Å²) in [5.74, 6) is -0.200. The molecule has 2 amide bonds. The van der Waals surface area contributed by atoms with Gasteiger partial charge in [-0.3, -0.25) is 9.59 Å². The first-order chi connectivity index (χ1) is 14.5. The SMILES string of the molecule is C[C@H](O)c1ccc(C2(CNC(=O)C(=O)Nc3ccc4c(c3)OCCO4)CCCC2)s1. The summed E-state index contributed by atoms with van der Waals surface area (Å²) in [6.07, 6.45) is 3.57. The van der Waals surface area contributed by atoms with Gasteiger partial charge >= 0.3 is 11.8 Å². The Bertz CT molecular complexity index is 933. The van der Waals surface area contributed by atoms with E-state index in [1.54, 1.807) is 36.5 Å². The van der Waals surface area contributed by atoms with Crippen LogP contribution in [0.15, 0.2) is 30.3 Å². The third-order valence-corrected chi connectivity index (χ3v) is 7.22. The van der Waals surface area contributed by atoms with Crippen LogP contribution in [0.1, 0.15) is 48.5 Å². The molecule has 1 saturated carbocycles. The van der Waals surface area contributed by atoms with E-state index in [9.17, 15) is 14.7 Å². The topological polar surface area (TPSA) is 96.9 Å². The fraction of sp³-hybridized carbons (Fsp3) is 0.455. The van der Waals surface area contributed by atoms with Crippen molar-refractivity contribution in [2.45, 2.75) is 44.1 Å². The van der Waals surface area contributed by atoms with Crippen LogP contribution in [0, 0.1) is 0 Å².